The number of fused-ring (bicyclic) bond motifs is 1. The molecule has 0 amide bonds. The van der Waals surface area contributed by atoms with Crippen molar-refractivity contribution >= 4 is 11.0 Å². The molecule has 19 heavy (non-hydrogen) atoms. The van der Waals surface area contributed by atoms with Crippen LogP contribution in [0.1, 0.15) is 5.69 Å². The molecule has 3 aromatic rings. The zero-order chi connectivity index (χ0) is 13.4. The molecule has 1 aromatic carbocycles. The molecule has 0 fully saturated rings. The van der Waals surface area contributed by atoms with Crippen LogP contribution in [-0.4, -0.2) is 19.5 Å². The topological polar surface area (TPSA) is 80.6 Å². The second-order valence-corrected chi connectivity index (χ2v) is 4.10. The molecule has 94 valence electrons. The maximum Gasteiger partial charge on any atom is 0.334 e. The number of nitrogens with zero attached hydrogens (tertiary/aromatic N) is 3. The zero-order valence-electron chi connectivity index (χ0n) is 10.1. The summed E-state index contributed by atoms with van der Waals surface area (Å²) >= 11 is 0. The van der Waals surface area contributed by atoms with Gasteiger partial charge in [-0.2, -0.15) is 0 Å². The van der Waals surface area contributed by atoms with Crippen molar-refractivity contribution in [2.45, 2.75) is 6.92 Å². The van der Waals surface area contributed by atoms with E-state index in [0.29, 0.717) is 17.0 Å². The molecular weight excluding hydrogens is 244 g/mol. The van der Waals surface area contributed by atoms with Gasteiger partial charge in [-0.1, -0.05) is 12.1 Å². The van der Waals surface area contributed by atoms with Crippen molar-refractivity contribution in [1.29, 1.82) is 0 Å². The van der Waals surface area contributed by atoms with E-state index < -0.39 is 11.2 Å². The normalized spacial score (nSPS) is 10.8. The van der Waals surface area contributed by atoms with Crippen LogP contribution in [0.4, 0.5) is 0 Å². The molecule has 0 saturated carbocycles. The average Bonchev–Trinajstić information content (AvgIpc) is 2.38. The summed E-state index contributed by atoms with van der Waals surface area (Å²) in [5.41, 5.74) is 1.11. The van der Waals surface area contributed by atoms with Crippen LogP contribution >= 0.6 is 0 Å². The standard InChI is InChI=1S/C13H10N4O2/c1-8-12(17-7-6-11(18)16-13(17)19)15-10-5-3-2-4-9(10)14-8/h2-7H,1H3,(H,16,18,19). The molecule has 0 atom stereocenters. The lowest BCUT2D eigenvalue weighted by Gasteiger charge is -2.07. The molecule has 1 N–H and O–H groups in total. The van der Waals surface area contributed by atoms with Gasteiger partial charge in [0, 0.05) is 12.3 Å². The van der Waals surface area contributed by atoms with E-state index in [1.54, 1.807) is 6.92 Å². The van der Waals surface area contributed by atoms with Gasteiger partial charge >= 0.3 is 5.69 Å². The Morgan fingerprint density at radius 3 is 2.42 bits per heavy atom. The summed E-state index contributed by atoms with van der Waals surface area (Å²) in [5, 5.41) is 0. The highest BCUT2D eigenvalue weighted by molar-refractivity contribution is 5.75. The number of H-pyrrole nitrogens is 1. The minimum absolute atomic E-state index is 0.417. The van der Waals surface area contributed by atoms with Gasteiger partial charge in [0.25, 0.3) is 5.56 Å². The van der Waals surface area contributed by atoms with E-state index in [-0.39, 0.29) is 0 Å². The summed E-state index contributed by atoms with van der Waals surface area (Å²) < 4.78 is 1.27. The first-order chi connectivity index (χ1) is 9.15. The van der Waals surface area contributed by atoms with E-state index in [1.807, 2.05) is 24.3 Å². The molecule has 0 unspecified atom stereocenters. The fraction of sp³-hybridized carbons (Fsp3) is 0.0769. The minimum Gasteiger partial charge on any atom is -0.274 e. The summed E-state index contributed by atoms with van der Waals surface area (Å²) in [6.07, 6.45) is 1.40. The quantitative estimate of drug-likeness (QED) is 0.695. The molecule has 2 aromatic heterocycles. The molecule has 0 saturated heterocycles. The van der Waals surface area contributed by atoms with Gasteiger partial charge in [0.15, 0.2) is 5.82 Å². The summed E-state index contributed by atoms with van der Waals surface area (Å²) in [5.74, 6) is 0.417. The molecule has 3 rings (SSSR count). The van der Waals surface area contributed by atoms with Gasteiger partial charge in [-0.25, -0.2) is 14.8 Å². The first-order valence-electron chi connectivity index (χ1n) is 5.71. The molecule has 0 radical (unpaired) electrons. The fourth-order valence-electron chi connectivity index (χ4n) is 1.89. The maximum atomic E-state index is 11.8. The molecular formula is C13H10N4O2. The maximum absolute atomic E-state index is 11.8. The van der Waals surface area contributed by atoms with Crippen LogP contribution in [0, 0.1) is 6.92 Å². The van der Waals surface area contributed by atoms with Crippen LogP contribution < -0.4 is 11.2 Å². The molecule has 0 aliphatic rings. The van der Waals surface area contributed by atoms with E-state index >= 15 is 0 Å². The third-order valence-electron chi connectivity index (χ3n) is 2.77. The Bertz CT molecular complexity index is 879. The molecule has 6 heteroatoms. The number of nitrogens with one attached hydrogen (secondary N) is 1. The highest BCUT2D eigenvalue weighted by Gasteiger charge is 2.08. The van der Waals surface area contributed by atoms with Crippen LogP contribution in [0.3, 0.4) is 0 Å². The number of hydrogen-bond acceptors (Lipinski definition) is 4. The zero-order valence-corrected chi connectivity index (χ0v) is 10.1. The summed E-state index contributed by atoms with van der Waals surface area (Å²) in [4.78, 5) is 33.8. The van der Waals surface area contributed by atoms with E-state index in [0.717, 1.165) is 5.52 Å². The Balaban J connectivity index is 2.33. The second kappa shape index (κ2) is 4.16. The van der Waals surface area contributed by atoms with Crippen molar-refractivity contribution in [2.24, 2.45) is 0 Å². The van der Waals surface area contributed by atoms with Crippen LogP contribution in [0.2, 0.25) is 0 Å². The molecule has 0 aliphatic carbocycles. The molecule has 2 heterocycles. The number of hydrogen-bond donors (Lipinski definition) is 1. The summed E-state index contributed by atoms with van der Waals surface area (Å²) in [6.45, 7) is 1.77. The SMILES string of the molecule is Cc1nc2ccccc2nc1-n1ccc(=O)[nH]c1=O. The summed E-state index contributed by atoms with van der Waals surface area (Å²) in [6, 6.07) is 8.68. The Morgan fingerprint density at radius 2 is 1.74 bits per heavy atom. The Labute approximate surface area is 107 Å². The number of rotatable bonds is 1. The highest BCUT2D eigenvalue weighted by atomic mass is 16.2. The van der Waals surface area contributed by atoms with Crippen molar-refractivity contribution in [3.8, 4) is 5.82 Å². The highest BCUT2D eigenvalue weighted by Crippen LogP contribution is 2.13. The number of aryl methyl sites for hydroxylation is 1. The first-order valence-corrected chi connectivity index (χ1v) is 5.71. The third-order valence-corrected chi connectivity index (χ3v) is 2.77. The van der Waals surface area contributed by atoms with Crippen molar-refractivity contribution < 1.29 is 0 Å². The Hall–Kier alpha value is -2.76. The van der Waals surface area contributed by atoms with Gasteiger partial charge in [0.1, 0.15) is 0 Å². The Morgan fingerprint density at radius 1 is 1.05 bits per heavy atom. The third kappa shape index (κ3) is 1.93. The number of aromatic nitrogens is 4. The Kier molecular flexibility index (Phi) is 2.49. The van der Waals surface area contributed by atoms with E-state index in [4.69, 9.17) is 0 Å². The minimum atomic E-state index is -0.528. The van der Waals surface area contributed by atoms with Gasteiger partial charge in [-0.15, -0.1) is 0 Å². The number of para-hydroxylation sites is 2. The first kappa shape index (κ1) is 11.3. The molecule has 6 nitrogen and oxygen atoms in total. The predicted octanol–water partition coefficient (Wildman–Crippen LogP) is 0.777. The molecule has 0 bridgehead atoms. The lowest BCUT2D eigenvalue weighted by molar-refractivity contribution is 0.855. The fourth-order valence-corrected chi connectivity index (χ4v) is 1.89. The molecule has 0 spiro atoms. The van der Waals surface area contributed by atoms with Gasteiger partial charge < -0.3 is 0 Å². The second-order valence-electron chi connectivity index (χ2n) is 4.10. The van der Waals surface area contributed by atoms with Crippen molar-refractivity contribution in [3.63, 3.8) is 0 Å². The van der Waals surface area contributed by atoms with Crippen LogP contribution in [0.15, 0.2) is 46.1 Å². The molecule has 0 aliphatic heterocycles. The van der Waals surface area contributed by atoms with Crippen molar-refractivity contribution in [1.82, 2.24) is 19.5 Å². The van der Waals surface area contributed by atoms with E-state index in [1.165, 1.54) is 16.8 Å². The van der Waals surface area contributed by atoms with Gasteiger partial charge in [-0.3, -0.25) is 14.3 Å². The number of aromatic amines is 1. The average molecular weight is 254 g/mol. The van der Waals surface area contributed by atoms with Gasteiger partial charge in [-0.05, 0) is 19.1 Å². The predicted molar refractivity (Wildman–Crippen MR) is 70.5 cm³/mol. The lowest BCUT2D eigenvalue weighted by Crippen LogP contribution is -2.28. The van der Waals surface area contributed by atoms with Gasteiger partial charge in [0.05, 0.1) is 16.7 Å². The van der Waals surface area contributed by atoms with E-state index in [2.05, 4.69) is 15.0 Å². The van der Waals surface area contributed by atoms with E-state index in [9.17, 15) is 9.59 Å². The van der Waals surface area contributed by atoms with Crippen molar-refractivity contribution in [2.75, 3.05) is 0 Å². The number of benzene rings is 1. The van der Waals surface area contributed by atoms with Crippen molar-refractivity contribution in [3.05, 3.63) is 63.1 Å². The smallest absolute Gasteiger partial charge is 0.274 e. The van der Waals surface area contributed by atoms with Crippen LogP contribution in [-0.2, 0) is 0 Å². The summed E-state index contributed by atoms with van der Waals surface area (Å²) in [7, 11) is 0. The van der Waals surface area contributed by atoms with Crippen LogP contribution in [0.25, 0.3) is 16.9 Å². The van der Waals surface area contributed by atoms with Gasteiger partial charge in [0.2, 0.25) is 0 Å². The van der Waals surface area contributed by atoms with Crippen LogP contribution in [0.5, 0.6) is 0 Å². The largest absolute Gasteiger partial charge is 0.334 e. The lowest BCUT2D eigenvalue weighted by atomic mass is 10.3. The monoisotopic (exact) mass is 254 g/mol.